The minimum absolute atomic E-state index is 0.157. The first-order valence-electron chi connectivity index (χ1n) is 11.8. The molecule has 1 atom stereocenters. The van der Waals surface area contributed by atoms with Crippen molar-refractivity contribution in [3.8, 4) is 11.5 Å². The first-order valence-corrected chi connectivity index (χ1v) is 13.0. The molecule has 1 aliphatic rings. The molecule has 0 radical (unpaired) electrons. The van der Waals surface area contributed by atoms with Crippen LogP contribution in [-0.4, -0.2) is 41.4 Å². The molecule has 0 bridgehead atoms. The molecule has 0 saturated carbocycles. The lowest BCUT2D eigenvalue weighted by atomic mass is 9.96. The van der Waals surface area contributed by atoms with Crippen molar-refractivity contribution in [1.82, 2.24) is 4.57 Å². The van der Waals surface area contributed by atoms with Gasteiger partial charge in [-0.2, -0.15) is 0 Å². The number of thiazole rings is 1. The number of carbonyl (C=O) groups is 2. The Balaban J connectivity index is 1.95. The number of para-hydroxylation sites is 1. The van der Waals surface area contributed by atoms with Gasteiger partial charge < -0.3 is 19.3 Å². The average Bonchev–Trinajstić information content (AvgIpc) is 3.17. The Morgan fingerprint density at radius 3 is 2.58 bits per heavy atom. The molecule has 1 aliphatic heterocycles. The van der Waals surface area contributed by atoms with Crippen LogP contribution in [0.5, 0.6) is 11.5 Å². The van der Waals surface area contributed by atoms with Gasteiger partial charge in [0.2, 0.25) is 0 Å². The number of aliphatic carboxylic acids is 1. The van der Waals surface area contributed by atoms with Gasteiger partial charge in [-0.3, -0.25) is 9.36 Å². The van der Waals surface area contributed by atoms with Crippen LogP contribution < -0.4 is 24.4 Å². The van der Waals surface area contributed by atoms with Crippen LogP contribution in [0.2, 0.25) is 5.02 Å². The molecule has 0 fully saturated rings. The van der Waals surface area contributed by atoms with Gasteiger partial charge in [0.15, 0.2) is 22.9 Å². The lowest BCUT2D eigenvalue weighted by Gasteiger charge is -2.25. The number of benzene rings is 2. The molecule has 0 spiro atoms. The molecule has 0 unspecified atom stereocenters. The van der Waals surface area contributed by atoms with Gasteiger partial charge in [0.05, 0.1) is 29.0 Å². The number of ether oxygens (including phenoxy) is 3. The Bertz CT molecular complexity index is 1610. The molecule has 0 saturated heterocycles. The number of aromatic nitrogens is 1. The summed E-state index contributed by atoms with van der Waals surface area (Å²) in [7, 11) is 0. The topological polar surface area (TPSA) is 116 Å². The van der Waals surface area contributed by atoms with Crippen molar-refractivity contribution in [2.24, 2.45) is 4.99 Å². The van der Waals surface area contributed by atoms with E-state index in [0.717, 1.165) is 11.3 Å². The molecular weight excluding hydrogens is 532 g/mol. The molecule has 0 amide bonds. The third-order valence-electron chi connectivity index (χ3n) is 5.65. The maximum atomic E-state index is 13.8. The van der Waals surface area contributed by atoms with Gasteiger partial charge >= 0.3 is 11.9 Å². The van der Waals surface area contributed by atoms with E-state index in [-0.39, 0.29) is 17.9 Å². The maximum Gasteiger partial charge on any atom is 0.341 e. The van der Waals surface area contributed by atoms with E-state index in [0.29, 0.717) is 43.5 Å². The second kappa shape index (κ2) is 11.7. The molecule has 2 heterocycles. The molecule has 0 aliphatic carbocycles. The number of halogens is 1. The highest BCUT2D eigenvalue weighted by atomic mass is 35.5. The molecule has 2 aromatic carbocycles. The highest BCUT2D eigenvalue weighted by Crippen LogP contribution is 2.35. The van der Waals surface area contributed by atoms with Crippen LogP contribution in [0.25, 0.3) is 6.08 Å². The number of rotatable bonds is 9. The summed E-state index contributed by atoms with van der Waals surface area (Å²) in [4.78, 5) is 42.9. The van der Waals surface area contributed by atoms with E-state index < -0.39 is 30.1 Å². The molecule has 198 valence electrons. The standard InChI is InChI=1S/C27H25ClN2O7S/c1-4-35-19-12-8-9-16(24(19)37-14-21(31)32)13-20-25(33)30-23(17-10-6-7-11-18(17)28)22(26(34)36-5-2)15(3)29-27(30)38-20/h6-13,23H,4-5,14H2,1-3H3,(H,31,32)/b20-13+/t23-/m0/s1. The number of fused-ring (bicyclic) bond motifs is 1. The van der Waals surface area contributed by atoms with Gasteiger partial charge in [0.1, 0.15) is 6.04 Å². The van der Waals surface area contributed by atoms with Crippen LogP contribution in [0.3, 0.4) is 0 Å². The number of carboxylic acid groups (broad SMARTS) is 1. The van der Waals surface area contributed by atoms with Crippen LogP contribution in [0.1, 0.15) is 37.9 Å². The van der Waals surface area contributed by atoms with Gasteiger partial charge in [-0.05, 0) is 44.5 Å². The summed E-state index contributed by atoms with van der Waals surface area (Å²) in [6.45, 7) is 5.10. The van der Waals surface area contributed by atoms with E-state index in [2.05, 4.69) is 4.99 Å². The zero-order valence-electron chi connectivity index (χ0n) is 20.9. The number of hydrogen-bond donors (Lipinski definition) is 1. The fourth-order valence-corrected chi connectivity index (χ4v) is 5.40. The summed E-state index contributed by atoms with van der Waals surface area (Å²) >= 11 is 7.66. The van der Waals surface area contributed by atoms with Gasteiger partial charge in [-0.15, -0.1) is 0 Å². The Kier molecular flexibility index (Phi) is 8.33. The van der Waals surface area contributed by atoms with Gasteiger partial charge in [-0.1, -0.05) is 53.3 Å². The monoisotopic (exact) mass is 556 g/mol. The number of allylic oxidation sites excluding steroid dienone is 1. The van der Waals surface area contributed by atoms with Crippen molar-refractivity contribution in [1.29, 1.82) is 0 Å². The Labute approximate surface area is 226 Å². The minimum Gasteiger partial charge on any atom is -0.490 e. The molecule has 38 heavy (non-hydrogen) atoms. The quantitative estimate of drug-likeness (QED) is 0.402. The number of esters is 1. The van der Waals surface area contributed by atoms with Crippen LogP contribution in [0.4, 0.5) is 0 Å². The highest BCUT2D eigenvalue weighted by molar-refractivity contribution is 7.07. The molecule has 4 rings (SSSR count). The SMILES string of the molecule is CCOC(=O)C1=C(C)N=c2s/c(=C/c3cccc(OCC)c3OCC(=O)O)c(=O)n2[C@H]1c1ccccc1Cl. The smallest absolute Gasteiger partial charge is 0.341 e. The Morgan fingerprint density at radius 1 is 1.13 bits per heavy atom. The zero-order chi connectivity index (χ0) is 27.4. The van der Waals surface area contributed by atoms with Crippen molar-refractivity contribution in [3.63, 3.8) is 0 Å². The van der Waals surface area contributed by atoms with Gasteiger partial charge in [-0.25, -0.2) is 14.6 Å². The summed E-state index contributed by atoms with van der Waals surface area (Å²) in [6, 6.07) is 11.2. The third-order valence-corrected chi connectivity index (χ3v) is 6.98. The van der Waals surface area contributed by atoms with Gasteiger partial charge in [0.25, 0.3) is 5.56 Å². The number of carbonyl (C=O) groups excluding carboxylic acids is 1. The van der Waals surface area contributed by atoms with E-state index in [1.54, 1.807) is 69.3 Å². The second-order valence-corrected chi connectivity index (χ2v) is 9.53. The predicted molar refractivity (Wildman–Crippen MR) is 143 cm³/mol. The molecule has 1 N–H and O–H groups in total. The lowest BCUT2D eigenvalue weighted by Crippen LogP contribution is -2.40. The van der Waals surface area contributed by atoms with Crippen molar-refractivity contribution < 1.29 is 28.9 Å². The largest absolute Gasteiger partial charge is 0.490 e. The molecular formula is C27H25ClN2O7S. The van der Waals surface area contributed by atoms with E-state index in [4.69, 9.17) is 30.9 Å². The third kappa shape index (κ3) is 5.36. The van der Waals surface area contributed by atoms with E-state index in [1.165, 1.54) is 4.57 Å². The summed E-state index contributed by atoms with van der Waals surface area (Å²) in [5, 5.41) is 9.52. The summed E-state index contributed by atoms with van der Waals surface area (Å²) < 4.78 is 18.2. The highest BCUT2D eigenvalue weighted by Gasteiger charge is 2.34. The zero-order valence-corrected chi connectivity index (χ0v) is 22.5. The van der Waals surface area contributed by atoms with Crippen LogP contribution in [0, 0.1) is 0 Å². The van der Waals surface area contributed by atoms with E-state index in [9.17, 15) is 14.4 Å². The van der Waals surface area contributed by atoms with Crippen molar-refractivity contribution >= 4 is 41.0 Å². The lowest BCUT2D eigenvalue weighted by molar-refractivity contribution is -0.140. The summed E-state index contributed by atoms with van der Waals surface area (Å²) in [5.41, 5.74) is 1.26. The molecule has 1 aromatic heterocycles. The number of hydrogen-bond acceptors (Lipinski definition) is 8. The second-order valence-electron chi connectivity index (χ2n) is 8.11. The van der Waals surface area contributed by atoms with Crippen LogP contribution in [-0.2, 0) is 14.3 Å². The normalized spacial score (nSPS) is 15.1. The number of nitrogens with zero attached hydrogens (tertiary/aromatic N) is 2. The Morgan fingerprint density at radius 2 is 1.89 bits per heavy atom. The van der Waals surface area contributed by atoms with Gasteiger partial charge in [0, 0.05) is 10.6 Å². The maximum absolute atomic E-state index is 13.8. The average molecular weight is 557 g/mol. The first kappa shape index (κ1) is 27.2. The first-order chi connectivity index (χ1) is 18.3. The molecule has 9 nitrogen and oxygen atoms in total. The Hall–Kier alpha value is -3.89. The molecule has 11 heteroatoms. The fourth-order valence-electron chi connectivity index (χ4n) is 4.13. The molecule has 3 aromatic rings. The fraction of sp³-hybridized carbons (Fsp3) is 0.259. The van der Waals surface area contributed by atoms with E-state index >= 15 is 0 Å². The van der Waals surface area contributed by atoms with Crippen molar-refractivity contribution in [2.45, 2.75) is 26.8 Å². The predicted octanol–water partition coefficient (Wildman–Crippen LogP) is 3.31. The van der Waals surface area contributed by atoms with Crippen molar-refractivity contribution in [3.05, 3.63) is 89.6 Å². The van der Waals surface area contributed by atoms with Crippen LogP contribution in [0.15, 0.2) is 63.5 Å². The van der Waals surface area contributed by atoms with Crippen molar-refractivity contribution in [2.75, 3.05) is 19.8 Å². The summed E-state index contributed by atoms with van der Waals surface area (Å²) in [6.07, 6.45) is 1.59. The van der Waals surface area contributed by atoms with Crippen LogP contribution >= 0.6 is 22.9 Å². The summed E-state index contributed by atoms with van der Waals surface area (Å²) in [5.74, 6) is -1.18. The number of carboxylic acids is 1. The minimum atomic E-state index is -1.15. The van der Waals surface area contributed by atoms with E-state index in [1.807, 2.05) is 0 Å².